The molecule has 0 aromatic heterocycles. The molecule has 0 aromatic carbocycles. The Kier molecular flexibility index (Phi) is 29.8. The quantitative estimate of drug-likeness (QED) is 0.103. The van der Waals surface area contributed by atoms with Crippen LogP contribution >= 0.6 is 15.9 Å². The number of hydrogen-bond acceptors (Lipinski definition) is 8. The Morgan fingerprint density at radius 2 is 1.48 bits per heavy atom. The molecule has 11 heteroatoms. The van der Waals surface area contributed by atoms with E-state index in [-0.39, 0.29) is 30.6 Å². The van der Waals surface area contributed by atoms with Gasteiger partial charge in [-0.15, -0.1) is 0 Å². The Morgan fingerprint density at radius 3 is 1.83 bits per heavy atom. The van der Waals surface area contributed by atoms with Gasteiger partial charge in [0.15, 0.2) is 0 Å². The Hall–Kier alpha value is -0.0400. The highest BCUT2D eigenvalue weighted by Gasteiger charge is 2.23. The number of unbranched alkanes of at least 4 members (excludes halogenated alkanes) is 2. The third-order valence-corrected chi connectivity index (χ3v) is 8.04. The molecule has 42 heavy (non-hydrogen) atoms. The zero-order chi connectivity index (χ0) is 30.9. The zero-order valence-electron chi connectivity index (χ0n) is 27.3. The van der Waals surface area contributed by atoms with Crippen LogP contribution in [0.1, 0.15) is 105 Å². The summed E-state index contributed by atoms with van der Waals surface area (Å²) >= 11 is 3.31. The van der Waals surface area contributed by atoms with Gasteiger partial charge in [-0.25, -0.2) is 0 Å². The highest BCUT2D eigenvalue weighted by atomic mass is 79.9. The van der Waals surface area contributed by atoms with E-state index in [1.54, 1.807) is 0 Å². The molecule has 7 N–H and O–H groups in total. The summed E-state index contributed by atoms with van der Waals surface area (Å²) in [5.41, 5.74) is 3.43. The number of nitrogens with one attached hydrogen (secondary N) is 1. The van der Waals surface area contributed by atoms with Crippen LogP contribution in [0.15, 0.2) is 0 Å². The van der Waals surface area contributed by atoms with Crippen molar-refractivity contribution in [2.45, 2.75) is 128 Å². The smallest absolute Gasteiger partial charge is 0.306 e. The Balaban J connectivity index is 0. The summed E-state index contributed by atoms with van der Waals surface area (Å²) < 4.78 is 5.26. The molecule has 3 fully saturated rings. The molecule has 3 aliphatic heterocycles. The maximum atomic E-state index is 11.5. The molecule has 0 unspecified atom stereocenters. The molecule has 3 atom stereocenters. The summed E-state index contributed by atoms with van der Waals surface area (Å²) in [6.07, 6.45) is 13.2. The normalized spacial score (nSPS) is 22.2. The van der Waals surface area contributed by atoms with Crippen LogP contribution in [0.3, 0.4) is 0 Å². The third kappa shape index (κ3) is 23.4. The number of aliphatic hydroxyl groups is 3. The van der Waals surface area contributed by atoms with Crippen molar-refractivity contribution in [1.29, 1.82) is 0 Å². The Morgan fingerprint density at radius 1 is 0.905 bits per heavy atom. The van der Waals surface area contributed by atoms with Crippen molar-refractivity contribution >= 4 is 21.9 Å². The first-order valence-electron chi connectivity index (χ1n) is 16.3. The van der Waals surface area contributed by atoms with Gasteiger partial charge in [-0.1, -0.05) is 29.3 Å². The van der Waals surface area contributed by atoms with Crippen LogP contribution in [0.4, 0.5) is 0 Å². The minimum Gasteiger partial charge on any atom is -1.00 e. The van der Waals surface area contributed by atoms with Crippen LogP contribution in [0.2, 0.25) is 0 Å². The Labute approximate surface area is 272 Å². The molecular formula is C31H66BrClN4O5. The summed E-state index contributed by atoms with van der Waals surface area (Å²) in [5.74, 6) is -0.109. The van der Waals surface area contributed by atoms with E-state index in [9.17, 15) is 9.90 Å². The number of hydrogen-bond donors (Lipinski definition) is 5. The largest absolute Gasteiger partial charge is 1.00 e. The van der Waals surface area contributed by atoms with Gasteiger partial charge in [-0.05, 0) is 105 Å². The molecule has 0 aromatic rings. The number of ether oxygens (including phenoxy) is 1. The van der Waals surface area contributed by atoms with Gasteiger partial charge >= 0.3 is 5.97 Å². The van der Waals surface area contributed by atoms with E-state index in [0.29, 0.717) is 37.8 Å². The van der Waals surface area contributed by atoms with Crippen LogP contribution < -0.4 is 23.5 Å². The van der Waals surface area contributed by atoms with E-state index in [4.69, 9.17) is 14.9 Å². The van der Waals surface area contributed by atoms with Crippen molar-refractivity contribution in [3.63, 3.8) is 0 Å². The third-order valence-electron chi connectivity index (χ3n) is 7.48. The van der Waals surface area contributed by atoms with Crippen molar-refractivity contribution in [1.82, 2.24) is 15.1 Å². The summed E-state index contributed by atoms with van der Waals surface area (Å²) in [6, 6.07) is 1.19. The lowest BCUT2D eigenvalue weighted by Gasteiger charge is -2.22. The summed E-state index contributed by atoms with van der Waals surface area (Å²) in [5, 5.41) is 31.0. The fourth-order valence-electron chi connectivity index (χ4n) is 5.13. The average Bonchev–Trinajstić information content (AvgIpc) is 3.72. The number of aliphatic hydroxyl groups excluding tert-OH is 3. The lowest BCUT2D eigenvalue weighted by atomic mass is 10.2. The number of quaternary nitrogens is 1. The molecule has 3 saturated heterocycles. The van der Waals surface area contributed by atoms with Crippen LogP contribution in [-0.2, 0) is 9.53 Å². The molecule has 3 rings (SSSR count). The molecule has 0 amide bonds. The van der Waals surface area contributed by atoms with E-state index in [0.717, 1.165) is 70.2 Å². The lowest BCUT2D eigenvalue weighted by molar-refractivity contribution is -0.368. The maximum absolute atomic E-state index is 11.5. The van der Waals surface area contributed by atoms with Gasteiger partial charge in [-0.2, -0.15) is 0 Å². The number of alkyl halides is 1. The highest BCUT2D eigenvalue weighted by molar-refractivity contribution is 9.09. The Bertz CT molecular complexity index is 610. The van der Waals surface area contributed by atoms with Crippen LogP contribution in [0.5, 0.6) is 0 Å². The average molecular weight is 690 g/mol. The van der Waals surface area contributed by atoms with E-state index in [1.165, 1.54) is 45.1 Å². The van der Waals surface area contributed by atoms with Crippen LogP contribution in [-0.4, -0.2) is 119 Å². The van der Waals surface area contributed by atoms with Crippen molar-refractivity contribution in [3.05, 3.63) is 0 Å². The van der Waals surface area contributed by atoms with Crippen molar-refractivity contribution in [3.8, 4) is 0 Å². The topological polar surface area (TPSA) is 133 Å². The first-order valence-corrected chi connectivity index (χ1v) is 17.4. The van der Waals surface area contributed by atoms with E-state index in [2.05, 4.69) is 43.7 Å². The molecule has 0 saturated carbocycles. The van der Waals surface area contributed by atoms with Gasteiger partial charge in [-0.3, -0.25) is 14.6 Å². The number of rotatable bonds is 13. The standard InChI is InChI=1S/C14H27NO3.C8H18N2O.C5H11NO.C4H9Br.ClH/c1-14(2,3)18-13(17)8-4-5-9-15-10-6-7-12(15)11-16;9-4-2-6-10-5-1-3-8(10)7-11;7-4-5-2-1-3-6-5;1-2-3-4-5;/h12,16H,4-11H2,1-3H3;8,11H,1-7,9H2;5-7H,1-4H2;2-4H2,1H3;1H/t12-;8-;5-;;/m111../s1. The molecule has 254 valence electrons. The predicted molar refractivity (Wildman–Crippen MR) is 172 cm³/mol. The molecule has 9 nitrogen and oxygen atoms in total. The van der Waals surface area contributed by atoms with Gasteiger partial charge in [0.1, 0.15) is 5.60 Å². The lowest BCUT2D eigenvalue weighted by Crippen LogP contribution is -3.00. The number of halogens is 2. The molecule has 0 radical (unpaired) electrons. The molecule has 0 aliphatic carbocycles. The highest BCUT2D eigenvalue weighted by Crippen LogP contribution is 2.18. The van der Waals surface area contributed by atoms with Crippen molar-refractivity contribution in [2.75, 3.05) is 64.4 Å². The number of carbonyl (C=O) groups is 1. The first-order chi connectivity index (χ1) is 19.6. The summed E-state index contributed by atoms with van der Waals surface area (Å²) in [7, 11) is 0. The second-order valence-electron chi connectivity index (χ2n) is 12.3. The number of carbonyl (C=O) groups excluding carboxylic acids is 1. The van der Waals surface area contributed by atoms with Gasteiger partial charge < -0.3 is 43.5 Å². The summed E-state index contributed by atoms with van der Waals surface area (Å²) in [6.45, 7) is 15.2. The number of esters is 1. The zero-order valence-corrected chi connectivity index (χ0v) is 29.6. The molecule has 3 heterocycles. The van der Waals surface area contributed by atoms with Gasteiger partial charge in [0, 0.05) is 42.8 Å². The SMILES string of the molecule is CC(C)(C)OC(=O)CCCCN1CCC[C@@H]1CO.CCCCBr.OC[C@H]1CCCN1.[Cl-].[NH3+]CCCN1CCC[C@@H]1CO. The van der Waals surface area contributed by atoms with Crippen molar-refractivity contribution in [2.24, 2.45) is 0 Å². The fourth-order valence-corrected chi connectivity index (χ4v) is 5.69. The molecule has 3 aliphatic rings. The molecule has 0 spiro atoms. The second kappa shape index (κ2) is 28.4. The van der Waals surface area contributed by atoms with E-state index >= 15 is 0 Å². The second-order valence-corrected chi connectivity index (χ2v) is 13.1. The predicted octanol–water partition coefficient (Wildman–Crippen LogP) is -0.0537. The number of likely N-dealkylation sites (tertiary alicyclic amines) is 2. The fraction of sp³-hybridized carbons (Fsp3) is 0.968. The minimum absolute atomic E-state index is 0. The first kappa shape index (κ1) is 44.1. The summed E-state index contributed by atoms with van der Waals surface area (Å²) in [4.78, 5) is 16.2. The molecule has 0 bridgehead atoms. The van der Waals surface area contributed by atoms with Gasteiger partial charge in [0.25, 0.3) is 0 Å². The van der Waals surface area contributed by atoms with Gasteiger partial charge in [0.05, 0.1) is 26.4 Å². The maximum Gasteiger partial charge on any atom is 0.306 e. The van der Waals surface area contributed by atoms with E-state index in [1.807, 2.05) is 20.8 Å². The van der Waals surface area contributed by atoms with Gasteiger partial charge in [0.2, 0.25) is 0 Å². The molecular weight excluding hydrogens is 624 g/mol. The van der Waals surface area contributed by atoms with Crippen LogP contribution in [0, 0.1) is 0 Å². The number of nitrogens with zero attached hydrogens (tertiary/aromatic N) is 2. The van der Waals surface area contributed by atoms with Crippen molar-refractivity contribution < 1.29 is 43.0 Å². The van der Waals surface area contributed by atoms with Crippen LogP contribution in [0.25, 0.3) is 0 Å². The van der Waals surface area contributed by atoms with E-state index < -0.39 is 0 Å². The minimum atomic E-state index is -0.381. The monoisotopic (exact) mass is 688 g/mol.